The summed E-state index contributed by atoms with van der Waals surface area (Å²) in [5, 5.41) is 0. The van der Waals surface area contributed by atoms with Crippen molar-refractivity contribution < 1.29 is 9.53 Å². The Morgan fingerprint density at radius 2 is 1.88 bits per heavy atom. The lowest BCUT2D eigenvalue weighted by Gasteiger charge is -2.05. The SMILES string of the molecule is CCOCCn1c(=NC(=O)c2cc(C)cc(C)c2)sc2ccccc21. The van der Waals surface area contributed by atoms with Crippen LogP contribution in [0.4, 0.5) is 0 Å². The molecule has 3 rings (SSSR count). The summed E-state index contributed by atoms with van der Waals surface area (Å²) < 4.78 is 8.67. The van der Waals surface area contributed by atoms with Crippen LogP contribution in [-0.2, 0) is 11.3 Å². The van der Waals surface area contributed by atoms with E-state index in [9.17, 15) is 4.79 Å². The third-order valence-electron chi connectivity index (χ3n) is 3.92. The van der Waals surface area contributed by atoms with Crippen molar-refractivity contribution in [2.45, 2.75) is 27.3 Å². The Hall–Kier alpha value is -2.24. The molecule has 3 aromatic rings. The van der Waals surface area contributed by atoms with Gasteiger partial charge in [0.25, 0.3) is 5.91 Å². The minimum Gasteiger partial charge on any atom is -0.380 e. The summed E-state index contributed by atoms with van der Waals surface area (Å²) in [6.45, 7) is 7.91. The molecule has 0 aliphatic heterocycles. The Bertz CT molecular complexity index is 949. The van der Waals surface area contributed by atoms with E-state index in [1.54, 1.807) is 0 Å². The predicted molar refractivity (Wildman–Crippen MR) is 102 cm³/mol. The lowest BCUT2D eigenvalue weighted by molar-refractivity contribution is 0.0996. The highest BCUT2D eigenvalue weighted by Crippen LogP contribution is 2.17. The molecule has 5 heteroatoms. The molecule has 0 atom stereocenters. The first kappa shape index (κ1) is 17.6. The van der Waals surface area contributed by atoms with Gasteiger partial charge in [0.2, 0.25) is 0 Å². The van der Waals surface area contributed by atoms with Gasteiger partial charge in [-0.15, -0.1) is 0 Å². The molecule has 0 bridgehead atoms. The third kappa shape index (κ3) is 4.06. The fraction of sp³-hybridized carbons (Fsp3) is 0.300. The molecule has 4 nitrogen and oxygen atoms in total. The molecule has 0 N–H and O–H groups in total. The number of benzene rings is 2. The zero-order chi connectivity index (χ0) is 17.8. The number of aryl methyl sites for hydroxylation is 2. The molecule has 0 saturated carbocycles. The van der Waals surface area contributed by atoms with Crippen molar-refractivity contribution in [2.24, 2.45) is 4.99 Å². The van der Waals surface area contributed by atoms with E-state index in [2.05, 4.69) is 27.8 Å². The summed E-state index contributed by atoms with van der Waals surface area (Å²) in [7, 11) is 0. The summed E-state index contributed by atoms with van der Waals surface area (Å²) >= 11 is 1.53. The number of carbonyl (C=O) groups excluding carboxylic acids is 1. The maximum Gasteiger partial charge on any atom is 0.279 e. The quantitative estimate of drug-likeness (QED) is 0.648. The number of aromatic nitrogens is 1. The minimum absolute atomic E-state index is 0.205. The van der Waals surface area contributed by atoms with E-state index in [0.29, 0.717) is 30.1 Å². The summed E-state index contributed by atoms with van der Waals surface area (Å²) in [4.78, 5) is 17.8. The highest BCUT2D eigenvalue weighted by Gasteiger charge is 2.10. The maximum atomic E-state index is 12.7. The number of thiazole rings is 1. The zero-order valence-corrected chi connectivity index (χ0v) is 15.6. The second-order valence-electron chi connectivity index (χ2n) is 5.99. The molecule has 0 aliphatic carbocycles. The Kier molecular flexibility index (Phi) is 5.46. The lowest BCUT2D eigenvalue weighted by atomic mass is 10.1. The number of ether oxygens (including phenoxy) is 1. The zero-order valence-electron chi connectivity index (χ0n) is 14.8. The number of nitrogens with zero attached hydrogens (tertiary/aromatic N) is 2. The van der Waals surface area contributed by atoms with Gasteiger partial charge in [0.05, 0.1) is 16.8 Å². The van der Waals surface area contributed by atoms with Crippen LogP contribution in [0.1, 0.15) is 28.4 Å². The third-order valence-corrected chi connectivity index (χ3v) is 4.98. The topological polar surface area (TPSA) is 43.6 Å². The van der Waals surface area contributed by atoms with Gasteiger partial charge in [0, 0.05) is 18.7 Å². The summed E-state index contributed by atoms with van der Waals surface area (Å²) in [5.74, 6) is -0.205. The van der Waals surface area contributed by atoms with E-state index < -0.39 is 0 Å². The number of fused-ring (bicyclic) bond motifs is 1. The van der Waals surface area contributed by atoms with Crippen LogP contribution in [0.5, 0.6) is 0 Å². The summed E-state index contributed by atoms with van der Waals surface area (Å²) in [6.07, 6.45) is 0. The first-order valence-corrected chi connectivity index (χ1v) is 9.23. The van der Waals surface area contributed by atoms with Gasteiger partial charge in [0.15, 0.2) is 4.80 Å². The predicted octanol–water partition coefficient (Wildman–Crippen LogP) is 4.10. The molecule has 0 radical (unpaired) electrons. The first-order chi connectivity index (χ1) is 12.1. The Labute approximate surface area is 151 Å². The van der Waals surface area contributed by atoms with Gasteiger partial charge in [-0.1, -0.05) is 40.7 Å². The molecule has 0 fully saturated rings. The highest BCUT2D eigenvalue weighted by atomic mass is 32.1. The van der Waals surface area contributed by atoms with Gasteiger partial charge in [-0.3, -0.25) is 4.79 Å². The van der Waals surface area contributed by atoms with Crippen molar-refractivity contribution >= 4 is 27.5 Å². The van der Waals surface area contributed by atoms with Gasteiger partial charge in [-0.2, -0.15) is 4.99 Å². The smallest absolute Gasteiger partial charge is 0.279 e. The molecule has 25 heavy (non-hydrogen) atoms. The number of rotatable bonds is 5. The standard InChI is InChI=1S/C20H22N2O2S/c1-4-24-10-9-22-17-7-5-6-8-18(17)25-20(22)21-19(23)16-12-14(2)11-15(3)13-16/h5-8,11-13H,4,9-10H2,1-3H3. The van der Waals surface area contributed by atoms with Crippen LogP contribution in [0.2, 0.25) is 0 Å². The van der Waals surface area contributed by atoms with Gasteiger partial charge in [-0.05, 0) is 45.0 Å². The second kappa shape index (κ2) is 7.76. The van der Waals surface area contributed by atoms with Crippen LogP contribution in [-0.4, -0.2) is 23.7 Å². The van der Waals surface area contributed by atoms with Gasteiger partial charge >= 0.3 is 0 Å². The molecule has 0 aliphatic rings. The molecular weight excluding hydrogens is 332 g/mol. The van der Waals surface area contributed by atoms with Crippen molar-refractivity contribution in [2.75, 3.05) is 13.2 Å². The van der Waals surface area contributed by atoms with Crippen LogP contribution in [0.25, 0.3) is 10.2 Å². The molecule has 0 spiro atoms. The molecule has 0 saturated heterocycles. The fourth-order valence-corrected chi connectivity index (χ4v) is 3.93. The number of amides is 1. The summed E-state index contributed by atoms with van der Waals surface area (Å²) in [5.41, 5.74) is 3.85. The minimum atomic E-state index is -0.205. The number of para-hydroxylation sites is 1. The lowest BCUT2D eigenvalue weighted by Crippen LogP contribution is -2.19. The van der Waals surface area contributed by atoms with Crippen molar-refractivity contribution in [3.63, 3.8) is 0 Å². The molecule has 1 amide bonds. The van der Waals surface area contributed by atoms with E-state index in [1.807, 2.05) is 45.0 Å². The van der Waals surface area contributed by atoms with E-state index >= 15 is 0 Å². The van der Waals surface area contributed by atoms with Crippen LogP contribution in [0, 0.1) is 13.8 Å². The molecular formula is C20H22N2O2S. The van der Waals surface area contributed by atoms with Crippen molar-refractivity contribution in [1.82, 2.24) is 4.57 Å². The van der Waals surface area contributed by atoms with E-state index in [4.69, 9.17) is 4.74 Å². The van der Waals surface area contributed by atoms with Crippen molar-refractivity contribution in [1.29, 1.82) is 0 Å². The monoisotopic (exact) mass is 354 g/mol. The second-order valence-corrected chi connectivity index (χ2v) is 7.00. The van der Waals surface area contributed by atoms with E-state index in [0.717, 1.165) is 21.3 Å². The van der Waals surface area contributed by atoms with Gasteiger partial charge in [-0.25, -0.2) is 0 Å². The highest BCUT2D eigenvalue weighted by molar-refractivity contribution is 7.16. The number of carbonyl (C=O) groups is 1. The van der Waals surface area contributed by atoms with E-state index in [1.165, 1.54) is 11.3 Å². The van der Waals surface area contributed by atoms with Crippen molar-refractivity contribution in [3.05, 3.63) is 64.0 Å². The van der Waals surface area contributed by atoms with Crippen LogP contribution in [0.15, 0.2) is 47.5 Å². The van der Waals surface area contributed by atoms with Gasteiger partial charge in [0.1, 0.15) is 0 Å². The number of hydrogen-bond acceptors (Lipinski definition) is 3. The molecule has 0 unspecified atom stereocenters. The molecule has 2 aromatic carbocycles. The average Bonchev–Trinajstić information content (AvgIpc) is 2.92. The van der Waals surface area contributed by atoms with E-state index in [-0.39, 0.29) is 5.91 Å². The molecule has 1 aromatic heterocycles. The summed E-state index contributed by atoms with van der Waals surface area (Å²) in [6, 6.07) is 13.9. The number of hydrogen-bond donors (Lipinski definition) is 0. The maximum absolute atomic E-state index is 12.7. The normalized spacial score (nSPS) is 12.0. The average molecular weight is 354 g/mol. The van der Waals surface area contributed by atoms with Crippen LogP contribution >= 0.6 is 11.3 Å². The van der Waals surface area contributed by atoms with Crippen LogP contribution in [0.3, 0.4) is 0 Å². The first-order valence-electron chi connectivity index (χ1n) is 8.42. The van der Waals surface area contributed by atoms with Gasteiger partial charge < -0.3 is 9.30 Å². The Balaban J connectivity index is 2.05. The largest absolute Gasteiger partial charge is 0.380 e. The fourth-order valence-electron chi connectivity index (χ4n) is 2.87. The van der Waals surface area contributed by atoms with Crippen LogP contribution < -0.4 is 4.80 Å². The Morgan fingerprint density at radius 1 is 1.16 bits per heavy atom. The molecule has 130 valence electrons. The Morgan fingerprint density at radius 3 is 2.60 bits per heavy atom. The van der Waals surface area contributed by atoms with Crippen molar-refractivity contribution in [3.8, 4) is 0 Å². The molecule has 1 heterocycles.